The minimum Gasteiger partial charge on any atom is -0.352 e. The van der Waals surface area contributed by atoms with E-state index < -0.39 is 0 Å². The van der Waals surface area contributed by atoms with Crippen LogP contribution in [0.2, 0.25) is 0 Å². The Morgan fingerprint density at radius 1 is 1.21 bits per heavy atom. The summed E-state index contributed by atoms with van der Waals surface area (Å²) in [5, 5.41) is 3.01. The Morgan fingerprint density at radius 3 is 2.68 bits per heavy atom. The number of hydrogen-bond acceptors (Lipinski definition) is 1. The van der Waals surface area contributed by atoms with Crippen molar-refractivity contribution in [2.24, 2.45) is 5.92 Å². The fourth-order valence-corrected chi connectivity index (χ4v) is 3.16. The van der Waals surface area contributed by atoms with Gasteiger partial charge in [-0.15, -0.1) is 0 Å². The minimum atomic E-state index is 0.182. The lowest BCUT2D eigenvalue weighted by molar-refractivity contribution is -0.121. The van der Waals surface area contributed by atoms with Gasteiger partial charge < -0.3 is 5.32 Å². The largest absolute Gasteiger partial charge is 0.352 e. The third-order valence-electron chi connectivity index (χ3n) is 3.94. The summed E-state index contributed by atoms with van der Waals surface area (Å²) in [6.45, 7) is 0.616. The Morgan fingerprint density at radius 2 is 1.95 bits per heavy atom. The van der Waals surface area contributed by atoms with Crippen molar-refractivity contribution in [2.75, 3.05) is 0 Å². The molecule has 0 aliphatic heterocycles. The molecule has 2 nitrogen and oxygen atoms in total. The van der Waals surface area contributed by atoms with Gasteiger partial charge in [-0.05, 0) is 24.0 Å². The van der Waals surface area contributed by atoms with Crippen LogP contribution in [0.5, 0.6) is 0 Å². The molecule has 0 radical (unpaired) electrons. The zero-order valence-corrected chi connectivity index (χ0v) is 12.9. The van der Waals surface area contributed by atoms with E-state index in [0.717, 1.165) is 22.4 Å². The fourth-order valence-electron chi connectivity index (χ4n) is 2.73. The van der Waals surface area contributed by atoms with Crippen LogP contribution in [-0.4, -0.2) is 5.91 Å². The van der Waals surface area contributed by atoms with Crippen LogP contribution in [0.4, 0.5) is 0 Å². The summed E-state index contributed by atoms with van der Waals surface area (Å²) in [4.78, 5) is 11.8. The predicted octanol–water partition coefficient (Wildman–Crippen LogP) is 4.43. The molecule has 19 heavy (non-hydrogen) atoms. The van der Waals surface area contributed by atoms with Crippen LogP contribution >= 0.6 is 15.9 Å². The SMILES string of the molecule is O=C(CCC1CCCCC1)NCc1ccccc1Br. The monoisotopic (exact) mass is 323 g/mol. The maximum atomic E-state index is 11.8. The molecule has 0 heterocycles. The highest BCUT2D eigenvalue weighted by Gasteiger charge is 2.14. The average molecular weight is 324 g/mol. The molecule has 0 saturated heterocycles. The molecule has 1 aliphatic carbocycles. The first kappa shape index (κ1) is 14.6. The first-order chi connectivity index (χ1) is 9.25. The standard InChI is InChI=1S/C16H22BrNO/c17-15-9-5-4-8-14(15)12-18-16(19)11-10-13-6-2-1-3-7-13/h4-5,8-9,13H,1-3,6-7,10-12H2,(H,18,19). The van der Waals surface area contributed by atoms with Crippen LogP contribution in [0.25, 0.3) is 0 Å². The summed E-state index contributed by atoms with van der Waals surface area (Å²) in [6.07, 6.45) is 8.45. The first-order valence-corrected chi connectivity index (χ1v) is 8.05. The molecular formula is C16H22BrNO. The van der Waals surface area contributed by atoms with Crippen molar-refractivity contribution in [3.63, 3.8) is 0 Å². The van der Waals surface area contributed by atoms with Crippen LogP contribution in [-0.2, 0) is 11.3 Å². The molecule has 104 valence electrons. The van der Waals surface area contributed by atoms with Crippen LogP contribution in [0.15, 0.2) is 28.7 Å². The van der Waals surface area contributed by atoms with Gasteiger partial charge in [0, 0.05) is 17.4 Å². The molecule has 1 aliphatic rings. The highest BCUT2D eigenvalue weighted by molar-refractivity contribution is 9.10. The van der Waals surface area contributed by atoms with Gasteiger partial charge in [0.2, 0.25) is 5.91 Å². The topological polar surface area (TPSA) is 29.1 Å². The third-order valence-corrected chi connectivity index (χ3v) is 4.71. The van der Waals surface area contributed by atoms with Crippen molar-refractivity contribution >= 4 is 21.8 Å². The lowest BCUT2D eigenvalue weighted by Gasteiger charge is -2.21. The van der Waals surface area contributed by atoms with E-state index in [1.54, 1.807) is 0 Å². The van der Waals surface area contributed by atoms with Crippen molar-refractivity contribution in [1.29, 1.82) is 0 Å². The quantitative estimate of drug-likeness (QED) is 0.853. The molecule has 1 N–H and O–H groups in total. The molecule has 1 aromatic rings. The van der Waals surface area contributed by atoms with Gasteiger partial charge in [-0.1, -0.05) is 66.2 Å². The molecular weight excluding hydrogens is 302 g/mol. The van der Waals surface area contributed by atoms with E-state index in [-0.39, 0.29) is 5.91 Å². The number of benzene rings is 1. The number of nitrogens with one attached hydrogen (secondary N) is 1. The Balaban J connectivity index is 1.68. The van der Waals surface area contributed by atoms with Crippen molar-refractivity contribution in [2.45, 2.75) is 51.5 Å². The van der Waals surface area contributed by atoms with Crippen LogP contribution in [0.3, 0.4) is 0 Å². The summed E-state index contributed by atoms with van der Waals surface area (Å²) < 4.78 is 1.06. The van der Waals surface area contributed by atoms with Gasteiger partial charge in [0.25, 0.3) is 0 Å². The molecule has 1 saturated carbocycles. The van der Waals surface area contributed by atoms with Crippen molar-refractivity contribution in [3.05, 3.63) is 34.3 Å². The summed E-state index contributed by atoms with van der Waals surface area (Å²) in [5.41, 5.74) is 1.13. The molecule has 0 aromatic heterocycles. The van der Waals surface area contributed by atoms with E-state index in [1.807, 2.05) is 24.3 Å². The molecule has 1 fully saturated rings. The van der Waals surface area contributed by atoms with Gasteiger partial charge in [0.1, 0.15) is 0 Å². The van der Waals surface area contributed by atoms with Gasteiger partial charge in [0.05, 0.1) is 0 Å². The summed E-state index contributed by atoms with van der Waals surface area (Å²) in [6, 6.07) is 8.02. The second-order valence-corrected chi connectivity index (χ2v) is 6.27. The molecule has 0 atom stereocenters. The van der Waals surface area contributed by atoms with E-state index in [1.165, 1.54) is 32.1 Å². The summed E-state index contributed by atoms with van der Waals surface area (Å²) >= 11 is 3.50. The van der Waals surface area contributed by atoms with Gasteiger partial charge in [-0.2, -0.15) is 0 Å². The lowest BCUT2D eigenvalue weighted by atomic mass is 9.86. The third kappa shape index (κ3) is 4.98. The second kappa shape index (κ2) is 7.68. The van der Waals surface area contributed by atoms with E-state index >= 15 is 0 Å². The predicted molar refractivity (Wildman–Crippen MR) is 81.8 cm³/mol. The number of hydrogen-bond donors (Lipinski definition) is 1. The number of rotatable bonds is 5. The van der Waals surface area contributed by atoms with Crippen molar-refractivity contribution < 1.29 is 4.79 Å². The molecule has 0 spiro atoms. The summed E-state index contributed by atoms with van der Waals surface area (Å²) in [7, 11) is 0. The summed E-state index contributed by atoms with van der Waals surface area (Å²) in [5.74, 6) is 0.962. The van der Waals surface area contributed by atoms with E-state index in [4.69, 9.17) is 0 Å². The highest BCUT2D eigenvalue weighted by atomic mass is 79.9. The van der Waals surface area contributed by atoms with Crippen molar-refractivity contribution in [3.8, 4) is 0 Å². The molecule has 0 bridgehead atoms. The normalized spacial score (nSPS) is 16.3. The van der Waals surface area contributed by atoms with Gasteiger partial charge in [-0.25, -0.2) is 0 Å². The molecule has 3 heteroatoms. The number of halogens is 1. The maximum absolute atomic E-state index is 11.8. The van der Waals surface area contributed by atoms with Crippen LogP contribution in [0.1, 0.15) is 50.5 Å². The first-order valence-electron chi connectivity index (χ1n) is 7.26. The zero-order valence-electron chi connectivity index (χ0n) is 11.3. The molecule has 1 amide bonds. The Labute approximate surface area is 124 Å². The number of carbonyl (C=O) groups is 1. The van der Waals surface area contributed by atoms with E-state index in [0.29, 0.717) is 13.0 Å². The van der Waals surface area contributed by atoms with Crippen molar-refractivity contribution in [1.82, 2.24) is 5.32 Å². The average Bonchev–Trinajstić information content (AvgIpc) is 2.45. The van der Waals surface area contributed by atoms with E-state index in [9.17, 15) is 4.79 Å². The lowest BCUT2D eigenvalue weighted by Crippen LogP contribution is -2.23. The minimum absolute atomic E-state index is 0.182. The number of amides is 1. The number of carbonyl (C=O) groups excluding carboxylic acids is 1. The smallest absolute Gasteiger partial charge is 0.220 e. The van der Waals surface area contributed by atoms with Crippen LogP contribution < -0.4 is 5.32 Å². The van der Waals surface area contributed by atoms with Gasteiger partial charge in [-0.3, -0.25) is 4.79 Å². The van der Waals surface area contributed by atoms with E-state index in [2.05, 4.69) is 21.2 Å². The molecule has 2 rings (SSSR count). The highest BCUT2D eigenvalue weighted by Crippen LogP contribution is 2.27. The second-order valence-electron chi connectivity index (χ2n) is 5.41. The Kier molecular flexibility index (Phi) is 5.90. The Hall–Kier alpha value is -0.830. The Bertz CT molecular complexity index is 413. The van der Waals surface area contributed by atoms with Gasteiger partial charge >= 0.3 is 0 Å². The fraction of sp³-hybridized carbons (Fsp3) is 0.562. The molecule has 1 aromatic carbocycles. The maximum Gasteiger partial charge on any atom is 0.220 e. The van der Waals surface area contributed by atoms with Crippen LogP contribution in [0, 0.1) is 5.92 Å². The zero-order chi connectivity index (χ0) is 13.5. The molecule has 0 unspecified atom stereocenters. The van der Waals surface area contributed by atoms with Gasteiger partial charge in [0.15, 0.2) is 0 Å².